The molecule has 2 heterocycles. The lowest BCUT2D eigenvalue weighted by atomic mass is 9.83. The Labute approximate surface area is 211 Å². The Hall–Kier alpha value is -4.29. The third kappa shape index (κ3) is 4.51. The Morgan fingerprint density at radius 2 is 1.83 bits per heavy atom. The molecule has 1 aromatic heterocycles. The maximum atomic E-state index is 13.4. The van der Waals surface area contributed by atoms with Gasteiger partial charge in [-0.05, 0) is 55.3 Å². The third-order valence-corrected chi connectivity index (χ3v) is 6.77. The molecule has 1 atom stereocenters. The number of methoxy groups -OCH3 is 1. The van der Waals surface area contributed by atoms with Crippen LogP contribution in [0.1, 0.15) is 30.9 Å². The van der Waals surface area contributed by atoms with Crippen LogP contribution in [-0.2, 0) is 9.53 Å². The van der Waals surface area contributed by atoms with Gasteiger partial charge in [0.15, 0.2) is 0 Å². The van der Waals surface area contributed by atoms with Crippen molar-refractivity contribution in [1.29, 1.82) is 5.26 Å². The van der Waals surface area contributed by atoms with Crippen LogP contribution in [0.2, 0.25) is 0 Å². The molecule has 8 nitrogen and oxygen atoms in total. The minimum Gasteiger partial charge on any atom is -0.494 e. The number of aromatic nitrogens is 1. The van der Waals surface area contributed by atoms with Crippen LogP contribution in [0.25, 0.3) is 17.5 Å². The minimum absolute atomic E-state index is 0.0303. The van der Waals surface area contributed by atoms with Crippen molar-refractivity contribution in [3.63, 3.8) is 0 Å². The van der Waals surface area contributed by atoms with E-state index in [9.17, 15) is 14.9 Å². The minimum atomic E-state index is -0.820. The second kappa shape index (κ2) is 10.5. The molecule has 0 amide bonds. The zero-order chi connectivity index (χ0) is 25.8. The van der Waals surface area contributed by atoms with E-state index in [1.807, 2.05) is 38.1 Å². The zero-order valence-corrected chi connectivity index (χ0v) is 20.9. The standard InChI is InChI=1S/C27H25N3O5S/c1-4-34-18-11-9-16(10-12-18)13-21-25(31)30-24(29)23(27(32)33-3)22(20(15-28)26(30)36-21)17-7-6-8-19(14-17)35-5-2/h6-14,22H,4-5,29H2,1-3H3/b21-13+. The van der Waals surface area contributed by atoms with Crippen molar-refractivity contribution in [1.82, 2.24) is 4.57 Å². The normalized spacial score (nSPS) is 15.3. The molecule has 2 aromatic carbocycles. The van der Waals surface area contributed by atoms with Crippen molar-refractivity contribution < 1.29 is 19.0 Å². The Kier molecular flexibility index (Phi) is 7.27. The lowest BCUT2D eigenvalue weighted by molar-refractivity contribution is -0.136. The van der Waals surface area contributed by atoms with E-state index in [1.54, 1.807) is 30.3 Å². The predicted octanol–water partition coefficient (Wildman–Crippen LogP) is 2.31. The summed E-state index contributed by atoms with van der Waals surface area (Å²) in [5, 5.41) is 10.2. The molecule has 1 aliphatic heterocycles. The average Bonchev–Trinajstić information content (AvgIpc) is 3.21. The van der Waals surface area contributed by atoms with Crippen molar-refractivity contribution in [2.45, 2.75) is 19.8 Å². The zero-order valence-electron chi connectivity index (χ0n) is 20.1. The molecular formula is C27H25N3O5S. The third-order valence-electron chi connectivity index (χ3n) is 5.67. The summed E-state index contributed by atoms with van der Waals surface area (Å²) in [6.45, 7) is 4.78. The number of hydrogen-bond donors (Lipinski definition) is 1. The van der Waals surface area contributed by atoms with Crippen molar-refractivity contribution >= 4 is 34.8 Å². The van der Waals surface area contributed by atoms with E-state index >= 15 is 0 Å². The van der Waals surface area contributed by atoms with Gasteiger partial charge in [0.2, 0.25) is 0 Å². The smallest absolute Gasteiger partial charge is 0.338 e. The van der Waals surface area contributed by atoms with Crippen molar-refractivity contribution in [2.24, 2.45) is 5.73 Å². The summed E-state index contributed by atoms with van der Waals surface area (Å²) < 4.78 is 18.1. The molecule has 0 aliphatic carbocycles. The van der Waals surface area contributed by atoms with E-state index in [4.69, 9.17) is 19.9 Å². The van der Waals surface area contributed by atoms with Crippen LogP contribution in [-0.4, -0.2) is 30.9 Å². The SMILES string of the molecule is CCOc1ccc(/C=c2/sc3n(c2=O)C(N)=C(C(=O)OC)C(c2cccc(OCC)c2)C=3C#N)cc1. The van der Waals surface area contributed by atoms with E-state index in [0.717, 1.165) is 22.6 Å². The fourth-order valence-corrected chi connectivity index (χ4v) is 5.25. The fourth-order valence-electron chi connectivity index (χ4n) is 4.12. The van der Waals surface area contributed by atoms with E-state index in [1.165, 1.54) is 11.7 Å². The highest BCUT2D eigenvalue weighted by atomic mass is 32.1. The molecule has 9 heteroatoms. The van der Waals surface area contributed by atoms with Crippen molar-refractivity contribution in [3.05, 3.63) is 84.8 Å². The van der Waals surface area contributed by atoms with E-state index < -0.39 is 17.4 Å². The Morgan fingerprint density at radius 1 is 1.14 bits per heavy atom. The van der Waals surface area contributed by atoms with Gasteiger partial charge in [0.05, 0.1) is 48.0 Å². The van der Waals surface area contributed by atoms with Gasteiger partial charge in [0.1, 0.15) is 22.0 Å². The molecule has 1 aliphatic rings. The number of benzene rings is 2. The van der Waals surface area contributed by atoms with Gasteiger partial charge < -0.3 is 19.9 Å². The Bertz CT molecular complexity index is 1560. The highest BCUT2D eigenvalue weighted by Gasteiger charge is 2.36. The second-order valence-corrected chi connectivity index (χ2v) is 8.84. The summed E-state index contributed by atoms with van der Waals surface area (Å²) in [6, 6.07) is 16.6. The second-order valence-electron chi connectivity index (χ2n) is 7.81. The topological polar surface area (TPSA) is 117 Å². The van der Waals surface area contributed by atoms with Crippen LogP contribution in [0.15, 0.2) is 58.9 Å². The quantitative estimate of drug-likeness (QED) is 0.492. The lowest BCUT2D eigenvalue weighted by Gasteiger charge is -2.25. The van der Waals surface area contributed by atoms with Crippen LogP contribution in [0.5, 0.6) is 11.5 Å². The number of thiazole rings is 1. The van der Waals surface area contributed by atoms with E-state index in [-0.39, 0.29) is 17.0 Å². The molecule has 0 saturated carbocycles. The molecule has 0 saturated heterocycles. The average molecular weight is 504 g/mol. The predicted molar refractivity (Wildman–Crippen MR) is 138 cm³/mol. The highest BCUT2D eigenvalue weighted by Crippen LogP contribution is 2.37. The van der Waals surface area contributed by atoms with Crippen LogP contribution >= 0.6 is 11.3 Å². The number of hydrogen-bond acceptors (Lipinski definition) is 8. The number of carbonyl (C=O) groups excluding carboxylic acids is 1. The summed E-state index contributed by atoms with van der Waals surface area (Å²) in [4.78, 5) is 26.3. The summed E-state index contributed by atoms with van der Waals surface area (Å²) in [6.07, 6.45) is 1.72. The van der Waals surface area contributed by atoms with E-state index in [2.05, 4.69) is 6.07 Å². The fraction of sp³-hybridized carbons (Fsp3) is 0.222. The monoisotopic (exact) mass is 503 g/mol. The largest absolute Gasteiger partial charge is 0.494 e. The molecular weight excluding hydrogens is 478 g/mol. The molecule has 1 unspecified atom stereocenters. The van der Waals surface area contributed by atoms with Gasteiger partial charge in [-0.2, -0.15) is 5.26 Å². The maximum Gasteiger partial charge on any atom is 0.338 e. The first-order valence-electron chi connectivity index (χ1n) is 11.3. The van der Waals surface area contributed by atoms with Gasteiger partial charge in [-0.1, -0.05) is 24.3 Å². The number of esters is 1. The van der Waals surface area contributed by atoms with Crippen molar-refractivity contribution in [2.75, 3.05) is 20.3 Å². The first kappa shape index (κ1) is 24.8. The number of rotatable bonds is 7. The number of nitrogens with zero attached hydrogens (tertiary/aromatic N) is 2. The molecule has 0 radical (unpaired) electrons. The Morgan fingerprint density at radius 3 is 2.47 bits per heavy atom. The number of nitrogens with two attached hydrogens (primary N) is 1. The molecule has 0 bridgehead atoms. The van der Waals surface area contributed by atoms with Crippen LogP contribution in [0.4, 0.5) is 0 Å². The molecule has 4 rings (SSSR count). The molecule has 36 heavy (non-hydrogen) atoms. The number of carbonyl (C=O) groups is 1. The first-order chi connectivity index (χ1) is 17.4. The maximum absolute atomic E-state index is 13.4. The summed E-state index contributed by atoms with van der Waals surface area (Å²) in [7, 11) is 1.24. The summed E-state index contributed by atoms with van der Waals surface area (Å²) in [5.74, 6) is -0.278. The van der Waals surface area contributed by atoms with Gasteiger partial charge >= 0.3 is 5.97 Å². The van der Waals surface area contributed by atoms with Gasteiger partial charge in [0.25, 0.3) is 5.56 Å². The van der Waals surface area contributed by atoms with E-state index in [0.29, 0.717) is 33.7 Å². The van der Waals surface area contributed by atoms with Gasteiger partial charge in [-0.3, -0.25) is 9.36 Å². The van der Waals surface area contributed by atoms with Crippen molar-refractivity contribution in [3.8, 4) is 17.6 Å². The number of nitriles is 1. The molecule has 0 spiro atoms. The lowest BCUT2D eigenvalue weighted by Crippen LogP contribution is -2.40. The summed E-state index contributed by atoms with van der Waals surface area (Å²) >= 11 is 1.15. The molecule has 184 valence electrons. The van der Waals surface area contributed by atoms with Gasteiger partial charge in [-0.25, -0.2) is 4.79 Å². The summed E-state index contributed by atoms with van der Waals surface area (Å²) in [5.41, 5.74) is 7.68. The first-order valence-corrected chi connectivity index (χ1v) is 12.2. The van der Waals surface area contributed by atoms with Gasteiger partial charge in [-0.15, -0.1) is 11.3 Å². The van der Waals surface area contributed by atoms with Gasteiger partial charge in [0, 0.05) is 0 Å². The Balaban J connectivity index is 1.97. The molecule has 3 aromatic rings. The highest BCUT2D eigenvalue weighted by molar-refractivity contribution is 7.07. The molecule has 2 N–H and O–H groups in total. The van der Waals surface area contributed by atoms with Crippen LogP contribution in [0.3, 0.4) is 0 Å². The van der Waals surface area contributed by atoms with Crippen LogP contribution in [0, 0.1) is 11.3 Å². The number of fused-ring (bicyclic) bond motifs is 1. The number of ether oxygens (including phenoxy) is 3. The molecule has 0 fully saturated rings. The van der Waals surface area contributed by atoms with Crippen LogP contribution < -0.4 is 30.0 Å².